The summed E-state index contributed by atoms with van der Waals surface area (Å²) in [6.45, 7) is 16.3. The van der Waals surface area contributed by atoms with Gasteiger partial charge in [-0.25, -0.2) is 14.0 Å². The number of piperidine rings is 1. The lowest BCUT2D eigenvalue weighted by molar-refractivity contribution is 0.105. The van der Waals surface area contributed by atoms with Crippen LogP contribution in [0.5, 0.6) is 0 Å². The summed E-state index contributed by atoms with van der Waals surface area (Å²) in [5.74, 6) is -0.457. The lowest BCUT2D eigenvalue weighted by Crippen LogP contribution is -2.46. The maximum absolute atomic E-state index is 13.6. The van der Waals surface area contributed by atoms with Crippen molar-refractivity contribution in [1.82, 2.24) is 14.8 Å². The fourth-order valence-corrected chi connectivity index (χ4v) is 5.73. The Hall–Kier alpha value is -2.98. The normalized spacial score (nSPS) is 21.3. The molecule has 1 aromatic carbocycles. The standard InChI is InChI=1S/C26H30FN5O/c1-25(2)17-32(22-5-4-11-29-23(22)25)24(33)31-14-10-26(18-31)8-12-30(13-9-26)16-19-6-7-20(27)21(15-19)28-3/h4-7,11,15H,8-10,12-14,16-18H2,1-2H3. The lowest BCUT2D eigenvalue weighted by atomic mass is 9.77. The summed E-state index contributed by atoms with van der Waals surface area (Å²) >= 11 is 0. The molecule has 2 aromatic rings. The number of halogens is 1. The van der Waals surface area contributed by atoms with E-state index < -0.39 is 5.82 Å². The van der Waals surface area contributed by atoms with Crippen LogP contribution in [0, 0.1) is 17.8 Å². The number of anilines is 1. The highest BCUT2D eigenvalue weighted by Gasteiger charge is 2.46. The van der Waals surface area contributed by atoms with Crippen molar-refractivity contribution in [3.8, 4) is 0 Å². The molecule has 4 heterocycles. The SMILES string of the molecule is [C-]#[N+]c1cc(CN2CCC3(CC2)CCN(C(=O)N2CC(C)(C)c4ncccc42)C3)ccc1F. The Bertz CT molecular complexity index is 1120. The zero-order valence-corrected chi connectivity index (χ0v) is 19.4. The molecule has 0 radical (unpaired) electrons. The maximum Gasteiger partial charge on any atom is 0.324 e. The molecule has 2 fully saturated rings. The number of fused-ring (bicyclic) bond motifs is 1. The molecule has 6 nitrogen and oxygen atoms in total. The van der Waals surface area contributed by atoms with E-state index in [1.54, 1.807) is 12.1 Å². The second-order valence-corrected chi connectivity index (χ2v) is 10.5. The highest BCUT2D eigenvalue weighted by molar-refractivity contribution is 5.94. The molecule has 33 heavy (non-hydrogen) atoms. The molecule has 0 aliphatic carbocycles. The predicted molar refractivity (Wildman–Crippen MR) is 126 cm³/mol. The molecule has 1 spiro atoms. The monoisotopic (exact) mass is 447 g/mol. The van der Waals surface area contributed by atoms with E-state index in [0.717, 1.165) is 68.9 Å². The summed E-state index contributed by atoms with van der Waals surface area (Å²) in [6, 6.07) is 8.84. The summed E-state index contributed by atoms with van der Waals surface area (Å²) < 4.78 is 13.6. The number of benzene rings is 1. The smallest absolute Gasteiger partial charge is 0.324 e. The molecular formula is C26H30FN5O. The fraction of sp³-hybridized carbons (Fsp3) is 0.500. The van der Waals surface area contributed by atoms with Gasteiger partial charge in [-0.15, -0.1) is 0 Å². The van der Waals surface area contributed by atoms with Gasteiger partial charge >= 0.3 is 6.03 Å². The van der Waals surface area contributed by atoms with Crippen molar-refractivity contribution < 1.29 is 9.18 Å². The van der Waals surface area contributed by atoms with E-state index >= 15 is 0 Å². The molecule has 0 unspecified atom stereocenters. The number of likely N-dealkylation sites (tertiary alicyclic amines) is 2. The van der Waals surface area contributed by atoms with E-state index in [-0.39, 0.29) is 22.5 Å². The average molecular weight is 448 g/mol. The van der Waals surface area contributed by atoms with Gasteiger partial charge < -0.3 is 4.90 Å². The average Bonchev–Trinajstić information content (AvgIpc) is 3.35. The number of aromatic nitrogens is 1. The Balaban J connectivity index is 1.21. The minimum atomic E-state index is -0.457. The quantitative estimate of drug-likeness (QED) is 0.610. The molecule has 172 valence electrons. The van der Waals surface area contributed by atoms with Crippen molar-refractivity contribution in [2.24, 2.45) is 5.41 Å². The number of nitrogens with zero attached hydrogens (tertiary/aromatic N) is 5. The van der Waals surface area contributed by atoms with Gasteiger partial charge in [0.25, 0.3) is 0 Å². The van der Waals surface area contributed by atoms with E-state index in [2.05, 4.69) is 28.6 Å². The minimum Gasteiger partial charge on any atom is -0.324 e. The van der Waals surface area contributed by atoms with Crippen LogP contribution >= 0.6 is 0 Å². The van der Waals surface area contributed by atoms with Gasteiger partial charge in [-0.05, 0) is 67.6 Å². The van der Waals surface area contributed by atoms with Crippen LogP contribution in [0.2, 0.25) is 0 Å². The first-order valence-electron chi connectivity index (χ1n) is 11.7. The molecule has 5 rings (SSSR count). The first-order valence-corrected chi connectivity index (χ1v) is 11.7. The fourth-order valence-electron chi connectivity index (χ4n) is 5.73. The van der Waals surface area contributed by atoms with Gasteiger partial charge in [-0.2, -0.15) is 0 Å². The number of carbonyl (C=O) groups is 1. The summed E-state index contributed by atoms with van der Waals surface area (Å²) in [6.07, 6.45) is 4.96. The molecular weight excluding hydrogens is 417 g/mol. The van der Waals surface area contributed by atoms with Crippen LogP contribution in [0.15, 0.2) is 36.5 Å². The Morgan fingerprint density at radius 2 is 1.91 bits per heavy atom. The molecule has 0 N–H and O–H groups in total. The van der Waals surface area contributed by atoms with Crippen molar-refractivity contribution >= 4 is 17.4 Å². The second-order valence-electron chi connectivity index (χ2n) is 10.5. The van der Waals surface area contributed by atoms with Crippen LogP contribution in [0.1, 0.15) is 44.4 Å². The number of pyridine rings is 1. The van der Waals surface area contributed by atoms with Crippen LogP contribution in [0.25, 0.3) is 4.85 Å². The molecule has 0 saturated carbocycles. The summed E-state index contributed by atoms with van der Waals surface area (Å²) in [5.41, 5.74) is 3.06. The zero-order chi connectivity index (χ0) is 23.2. The number of urea groups is 1. The number of hydrogen-bond donors (Lipinski definition) is 0. The van der Waals surface area contributed by atoms with Crippen molar-refractivity contribution in [2.75, 3.05) is 37.6 Å². The third kappa shape index (κ3) is 3.97. The first kappa shape index (κ1) is 21.8. The summed E-state index contributed by atoms with van der Waals surface area (Å²) in [5, 5.41) is 0. The number of carbonyl (C=O) groups excluding carboxylic acids is 1. The molecule has 7 heteroatoms. The largest absolute Gasteiger partial charge is 0.324 e. The van der Waals surface area contributed by atoms with E-state index in [4.69, 9.17) is 6.57 Å². The molecule has 0 bridgehead atoms. The van der Waals surface area contributed by atoms with Crippen molar-refractivity contribution in [3.63, 3.8) is 0 Å². The van der Waals surface area contributed by atoms with E-state index in [9.17, 15) is 9.18 Å². The molecule has 3 aliphatic rings. The number of rotatable bonds is 2. The Kier molecular flexibility index (Phi) is 5.37. The zero-order valence-electron chi connectivity index (χ0n) is 19.4. The van der Waals surface area contributed by atoms with Crippen LogP contribution in [0.3, 0.4) is 0 Å². The van der Waals surface area contributed by atoms with Crippen molar-refractivity contribution in [1.29, 1.82) is 0 Å². The Labute approximate surface area is 194 Å². The van der Waals surface area contributed by atoms with Crippen LogP contribution in [-0.4, -0.2) is 53.5 Å². The van der Waals surface area contributed by atoms with Crippen LogP contribution < -0.4 is 4.90 Å². The first-order chi connectivity index (χ1) is 15.8. The molecule has 2 saturated heterocycles. The van der Waals surface area contributed by atoms with E-state index in [1.807, 2.05) is 28.1 Å². The predicted octanol–water partition coefficient (Wildman–Crippen LogP) is 4.98. The van der Waals surface area contributed by atoms with Gasteiger partial charge in [0.15, 0.2) is 0 Å². The summed E-state index contributed by atoms with van der Waals surface area (Å²) in [7, 11) is 0. The Morgan fingerprint density at radius 3 is 2.67 bits per heavy atom. The van der Waals surface area contributed by atoms with Gasteiger partial charge in [0.2, 0.25) is 5.69 Å². The molecule has 1 aromatic heterocycles. The van der Waals surface area contributed by atoms with Gasteiger partial charge in [0.05, 0.1) is 18.0 Å². The summed E-state index contributed by atoms with van der Waals surface area (Å²) in [4.78, 5) is 27.6. The second kappa shape index (κ2) is 8.11. The highest BCUT2D eigenvalue weighted by atomic mass is 19.1. The highest BCUT2D eigenvalue weighted by Crippen LogP contribution is 2.43. The van der Waals surface area contributed by atoms with E-state index in [1.165, 1.54) is 6.07 Å². The van der Waals surface area contributed by atoms with Gasteiger partial charge in [0.1, 0.15) is 5.82 Å². The van der Waals surface area contributed by atoms with Crippen LogP contribution in [0.4, 0.5) is 20.6 Å². The maximum atomic E-state index is 13.6. The minimum absolute atomic E-state index is 0.0905. The van der Waals surface area contributed by atoms with Crippen molar-refractivity contribution in [3.05, 3.63) is 65.0 Å². The third-order valence-electron chi connectivity index (χ3n) is 7.67. The molecule has 2 amide bonds. The third-order valence-corrected chi connectivity index (χ3v) is 7.67. The van der Waals surface area contributed by atoms with Gasteiger partial charge in [-0.1, -0.05) is 19.9 Å². The molecule has 0 atom stereocenters. The van der Waals surface area contributed by atoms with E-state index in [0.29, 0.717) is 6.54 Å². The Morgan fingerprint density at radius 1 is 1.15 bits per heavy atom. The lowest BCUT2D eigenvalue weighted by Gasteiger charge is -2.39. The van der Waals surface area contributed by atoms with Gasteiger partial charge in [0, 0.05) is 37.8 Å². The number of hydrogen-bond acceptors (Lipinski definition) is 3. The topological polar surface area (TPSA) is 44.0 Å². The molecule has 3 aliphatic heterocycles. The van der Waals surface area contributed by atoms with Gasteiger partial charge in [-0.3, -0.25) is 14.8 Å². The number of amides is 2. The van der Waals surface area contributed by atoms with Crippen LogP contribution in [-0.2, 0) is 12.0 Å². The van der Waals surface area contributed by atoms with Crippen molar-refractivity contribution in [2.45, 2.75) is 45.1 Å².